The lowest BCUT2D eigenvalue weighted by Crippen LogP contribution is -2.45. The first-order chi connectivity index (χ1) is 10.2. The Labute approximate surface area is 124 Å². The first-order valence-corrected chi connectivity index (χ1v) is 7.39. The highest BCUT2D eigenvalue weighted by atomic mass is 16.3. The summed E-state index contributed by atoms with van der Waals surface area (Å²) in [7, 11) is 0. The molecular formula is C18H19NO2. The maximum absolute atomic E-state index is 12.7. The molecule has 3 rings (SSSR count). The summed E-state index contributed by atoms with van der Waals surface area (Å²) in [6, 6.07) is 16.8. The van der Waals surface area contributed by atoms with Gasteiger partial charge in [0.15, 0.2) is 5.72 Å². The van der Waals surface area contributed by atoms with E-state index in [1.54, 1.807) is 11.0 Å². The van der Waals surface area contributed by atoms with Crippen molar-refractivity contribution >= 4 is 5.91 Å². The van der Waals surface area contributed by atoms with Crippen molar-refractivity contribution in [3.63, 3.8) is 0 Å². The van der Waals surface area contributed by atoms with Gasteiger partial charge in [-0.2, -0.15) is 0 Å². The molecule has 1 amide bonds. The summed E-state index contributed by atoms with van der Waals surface area (Å²) in [5.41, 5.74) is 0.654. The minimum atomic E-state index is -1.36. The van der Waals surface area contributed by atoms with E-state index in [1.165, 1.54) is 0 Å². The van der Waals surface area contributed by atoms with Crippen LogP contribution in [-0.2, 0) is 5.72 Å². The molecule has 21 heavy (non-hydrogen) atoms. The number of hydrogen-bond acceptors (Lipinski definition) is 2. The van der Waals surface area contributed by atoms with E-state index in [0.717, 1.165) is 18.4 Å². The zero-order chi connectivity index (χ0) is 14.9. The summed E-state index contributed by atoms with van der Waals surface area (Å²) < 4.78 is 0. The molecule has 1 atom stereocenters. The Balaban J connectivity index is 2.15. The maximum Gasteiger partial charge on any atom is 0.257 e. The number of nitrogens with zero attached hydrogens (tertiary/aromatic N) is 1. The Bertz CT molecular complexity index is 653. The van der Waals surface area contributed by atoms with Crippen molar-refractivity contribution in [2.45, 2.75) is 25.5 Å². The SMILES string of the molecule is CCCCN1C(=O)c2ccccc2[C@]1(O)c1ccccc1. The molecule has 0 bridgehead atoms. The van der Waals surface area contributed by atoms with Crippen LogP contribution in [0.15, 0.2) is 54.6 Å². The number of hydrogen-bond donors (Lipinski definition) is 1. The van der Waals surface area contributed by atoms with Crippen LogP contribution >= 0.6 is 0 Å². The van der Waals surface area contributed by atoms with Gasteiger partial charge in [0.1, 0.15) is 0 Å². The average molecular weight is 281 g/mol. The Hall–Kier alpha value is -2.13. The normalized spacial score (nSPS) is 20.7. The molecule has 0 saturated carbocycles. The van der Waals surface area contributed by atoms with Crippen LogP contribution in [0.25, 0.3) is 0 Å². The lowest BCUT2D eigenvalue weighted by atomic mass is 9.94. The molecule has 0 spiro atoms. The number of aliphatic hydroxyl groups is 1. The highest BCUT2D eigenvalue weighted by Gasteiger charge is 2.49. The predicted molar refractivity (Wildman–Crippen MR) is 81.8 cm³/mol. The van der Waals surface area contributed by atoms with Gasteiger partial charge in [-0.25, -0.2) is 0 Å². The molecule has 0 fully saturated rings. The second-order valence-corrected chi connectivity index (χ2v) is 5.39. The third-order valence-electron chi connectivity index (χ3n) is 4.08. The van der Waals surface area contributed by atoms with Gasteiger partial charge in [-0.3, -0.25) is 4.79 Å². The summed E-state index contributed by atoms with van der Waals surface area (Å²) in [4.78, 5) is 14.3. The Kier molecular flexibility index (Phi) is 3.52. The molecule has 108 valence electrons. The zero-order valence-electron chi connectivity index (χ0n) is 12.1. The molecule has 0 aliphatic carbocycles. The van der Waals surface area contributed by atoms with E-state index in [4.69, 9.17) is 0 Å². The first-order valence-electron chi connectivity index (χ1n) is 7.39. The van der Waals surface area contributed by atoms with Gasteiger partial charge >= 0.3 is 0 Å². The molecule has 1 aliphatic heterocycles. The monoisotopic (exact) mass is 281 g/mol. The topological polar surface area (TPSA) is 40.5 Å². The zero-order valence-corrected chi connectivity index (χ0v) is 12.1. The fourth-order valence-corrected chi connectivity index (χ4v) is 2.97. The fraction of sp³-hybridized carbons (Fsp3) is 0.278. The number of carbonyl (C=O) groups excluding carboxylic acids is 1. The van der Waals surface area contributed by atoms with Crippen molar-refractivity contribution in [3.05, 3.63) is 71.3 Å². The summed E-state index contributed by atoms with van der Waals surface area (Å²) in [5.74, 6) is -0.0922. The number of benzene rings is 2. The Morgan fingerprint density at radius 2 is 1.71 bits per heavy atom. The van der Waals surface area contributed by atoms with E-state index in [0.29, 0.717) is 17.7 Å². The number of rotatable bonds is 4. The molecule has 3 heteroatoms. The van der Waals surface area contributed by atoms with Crippen molar-refractivity contribution in [1.29, 1.82) is 0 Å². The lowest BCUT2D eigenvalue weighted by Gasteiger charge is -2.34. The van der Waals surface area contributed by atoms with E-state index >= 15 is 0 Å². The van der Waals surface area contributed by atoms with E-state index in [2.05, 4.69) is 6.92 Å². The molecule has 3 nitrogen and oxygen atoms in total. The van der Waals surface area contributed by atoms with Crippen molar-refractivity contribution in [1.82, 2.24) is 4.90 Å². The van der Waals surface area contributed by atoms with E-state index < -0.39 is 5.72 Å². The van der Waals surface area contributed by atoms with Gasteiger partial charge in [0.2, 0.25) is 0 Å². The van der Waals surface area contributed by atoms with Gasteiger partial charge in [0.25, 0.3) is 5.91 Å². The number of carbonyl (C=O) groups is 1. The summed E-state index contributed by atoms with van der Waals surface area (Å²) in [6.07, 6.45) is 1.85. The van der Waals surface area contributed by atoms with Crippen LogP contribution in [-0.4, -0.2) is 22.5 Å². The minimum absolute atomic E-state index is 0.0922. The molecule has 1 heterocycles. The Morgan fingerprint density at radius 3 is 2.43 bits per heavy atom. The van der Waals surface area contributed by atoms with Crippen LogP contribution in [0.1, 0.15) is 41.3 Å². The minimum Gasteiger partial charge on any atom is -0.363 e. The number of unbranched alkanes of at least 4 members (excludes halogenated alkanes) is 1. The molecule has 0 aromatic heterocycles. The predicted octanol–water partition coefficient (Wildman–Crippen LogP) is 3.14. The summed E-state index contributed by atoms with van der Waals surface area (Å²) in [6.45, 7) is 2.63. The average Bonchev–Trinajstić information content (AvgIpc) is 2.76. The third-order valence-corrected chi connectivity index (χ3v) is 4.08. The van der Waals surface area contributed by atoms with Crippen molar-refractivity contribution in [2.75, 3.05) is 6.54 Å². The van der Waals surface area contributed by atoms with Crippen molar-refractivity contribution < 1.29 is 9.90 Å². The van der Waals surface area contributed by atoms with E-state index in [9.17, 15) is 9.90 Å². The van der Waals surface area contributed by atoms with Crippen LogP contribution in [0.4, 0.5) is 0 Å². The van der Waals surface area contributed by atoms with Gasteiger partial charge in [-0.1, -0.05) is 61.9 Å². The summed E-state index contributed by atoms with van der Waals surface area (Å²) >= 11 is 0. The van der Waals surface area contributed by atoms with Gasteiger partial charge in [0.05, 0.1) is 0 Å². The summed E-state index contributed by atoms with van der Waals surface area (Å²) in [5, 5.41) is 11.4. The van der Waals surface area contributed by atoms with Crippen molar-refractivity contribution in [2.24, 2.45) is 0 Å². The first kappa shape index (κ1) is 13.8. The highest BCUT2D eigenvalue weighted by Crippen LogP contribution is 2.42. The number of fused-ring (bicyclic) bond motifs is 1. The van der Waals surface area contributed by atoms with Gasteiger partial charge in [-0.15, -0.1) is 0 Å². The number of amides is 1. The molecule has 0 unspecified atom stereocenters. The quantitative estimate of drug-likeness (QED) is 0.935. The van der Waals surface area contributed by atoms with Crippen LogP contribution in [0.5, 0.6) is 0 Å². The second-order valence-electron chi connectivity index (χ2n) is 5.39. The van der Waals surface area contributed by atoms with Crippen molar-refractivity contribution in [3.8, 4) is 0 Å². The van der Waals surface area contributed by atoms with E-state index in [1.807, 2.05) is 48.5 Å². The molecule has 1 N–H and O–H groups in total. The van der Waals surface area contributed by atoms with Crippen LogP contribution in [0.3, 0.4) is 0 Å². The van der Waals surface area contributed by atoms with Crippen LogP contribution in [0, 0.1) is 0 Å². The molecule has 2 aromatic rings. The second kappa shape index (κ2) is 5.34. The van der Waals surface area contributed by atoms with E-state index in [-0.39, 0.29) is 5.91 Å². The molecular weight excluding hydrogens is 262 g/mol. The van der Waals surface area contributed by atoms with Gasteiger partial charge in [-0.05, 0) is 12.5 Å². The smallest absolute Gasteiger partial charge is 0.257 e. The third kappa shape index (κ3) is 2.05. The van der Waals surface area contributed by atoms with Crippen LogP contribution in [0.2, 0.25) is 0 Å². The molecule has 1 aliphatic rings. The fourth-order valence-electron chi connectivity index (χ4n) is 2.97. The molecule has 0 radical (unpaired) electrons. The van der Waals surface area contributed by atoms with Gasteiger partial charge in [0, 0.05) is 23.2 Å². The lowest BCUT2D eigenvalue weighted by molar-refractivity contribution is -0.0503. The Morgan fingerprint density at radius 1 is 1.05 bits per heavy atom. The molecule has 0 saturated heterocycles. The molecule has 2 aromatic carbocycles. The maximum atomic E-state index is 12.7. The van der Waals surface area contributed by atoms with Gasteiger partial charge < -0.3 is 10.0 Å². The highest BCUT2D eigenvalue weighted by molar-refractivity contribution is 6.00. The van der Waals surface area contributed by atoms with Crippen LogP contribution < -0.4 is 0 Å². The standard InChI is InChI=1S/C18H19NO2/c1-2-3-13-19-17(20)15-11-7-8-12-16(15)18(19,21)14-9-5-4-6-10-14/h4-12,21H,2-3,13H2,1H3/t18-/m1/s1. The largest absolute Gasteiger partial charge is 0.363 e.